The Morgan fingerprint density at radius 3 is 2.64 bits per heavy atom. The molecule has 2 N–H and O–H groups in total. The van der Waals surface area contributed by atoms with Crippen molar-refractivity contribution >= 4 is 29.0 Å². The minimum absolute atomic E-state index is 0.0278. The Morgan fingerprint density at radius 1 is 1.11 bits per heavy atom. The lowest BCUT2D eigenvalue weighted by molar-refractivity contribution is -0.136. The number of anilines is 2. The largest absolute Gasteiger partial charge is 0.476 e. The van der Waals surface area contributed by atoms with Crippen LogP contribution in [0.2, 0.25) is 0 Å². The van der Waals surface area contributed by atoms with Crippen molar-refractivity contribution in [2.45, 2.75) is 13.3 Å². The highest BCUT2D eigenvalue weighted by molar-refractivity contribution is 5.96. The van der Waals surface area contributed by atoms with Crippen LogP contribution in [0.4, 0.5) is 20.3 Å². The van der Waals surface area contributed by atoms with E-state index in [1.54, 1.807) is 33.7 Å². The monoisotopic (exact) mass is 600 g/mol. The van der Waals surface area contributed by atoms with Gasteiger partial charge in [0, 0.05) is 61.9 Å². The Morgan fingerprint density at radius 2 is 1.91 bits per heavy atom. The van der Waals surface area contributed by atoms with Gasteiger partial charge in [-0.2, -0.15) is 9.65 Å². The van der Waals surface area contributed by atoms with E-state index in [2.05, 4.69) is 20.6 Å². The van der Waals surface area contributed by atoms with Gasteiger partial charge in [-0.1, -0.05) is 0 Å². The highest BCUT2D eigenvalue weighted by atomic mass is 19.2. The molecule has 44 heavy (non-hydrogen) atoms. The number of carbonyl (C=O) groups is 2. The van der Waals surface area contributed by atoms with Gasteiger partial charge in [0.2, 0.25) is 11.7 Å². The van der Waals surface area contributed by atoms with Crippen molar-refractivity contribution in [3.05, 3.63) is 71.7 Å². The van der Waals surface area contributed by atoms with E-state index >= 15 is 0 Å². The lowest BCUT2D eigenvalue weighted by atomic mass is 10.0. The molecule has 0 radical (unpaired) electrons. The van der Waals surface area contributed by atoms with E-state index in [0.717, 1.165) is 25.1 Å². The molecule has 0 saturated carbocycles. The number of piperazine rings is 1. The van der Waals surface area contributed by atoms with Gasteiger partial charge in [0.15, 0.2) is 29.6 Å². The predicted octanol–water partition coefficient (Wildman–Crippen LogP) is 3.52. The number of ether oxygens (including phenoxy) is 1. The van der Waals surface area contributed by atoms with E-state index < -0.39 is 18.2 Å². The van der Waals surface area contributed by atoms with Crippen molar-refractivity contribution in [2.75, 3.05) is 51.2 Å². The van der Waals surface area contributed by atoms with Gasteiger partial charge in [0.05, 0.1) is 17.8 Å². The molecule has 13 heteroatoms. The number of amides is 2. The lowest BCUT2D eigenvalue weighted by Crippen LogP contribution is -2.52. The first-order chi connectivity index (χ1) is 21.4. The second-order valence-electron chi connectivity index (χ2n) is 10.8. The fraction of sp³-hybridized carbons (Fsp3) is 0.323. The summed E-state index contributed by atoms with van der Waals surface area (Å²) in [5.74, 6) is -2.17. The van der Waals surface area contributed by atoms with E-state index in [9.17, 15) is 18.4 Å². The van der Waals surface area contributed by atoms with Crippen LogP contribution in [0.15, 0.2) is 48.9 Å². The zero-order valence-corrected chi connectivity index (χ0v) is 24.0. The summed E-state index contributed by atoms with van der Waals surface area (Å²) in [6.07, 6.45) is 5.38. The van der Waals surface area contributed by atoms with Gasteiger partial charge in [0.1, 0.15) is 6.07 Å². The number of nitriles is 1. The molecule has 2 aromatic carbocycles. The fourth-order valence-electron chi connectivity index (χ4n) is 5.70. The molecule has 0 aliphatic carbocycles. The van der Waals surface area contributed by atoms with Crippen molar-refractivity contribution < 1.29 is 23.1 Å². The van der Waals surface area contributed by atoms with Crippen LogP contribution in [0.3, 0.4) is 0 Å². The van der Waals surface area contributed by atoms with Crippen LogP contribution in [-0.4, -0.2) is 81.9 Å². The Kier molecular flexibility index (Phi) is 8.08. The van der Waals surface area contributed by atoms with Crippen LogP contribution >= 0.6 is 0 Å². The standard InChI is InChI=1S/C31H30F2N8O3/c1-19-16-21(2-3-22(19)31(43)40-13-11-39(12-14-40)30(42)20-6-8-35-17-20)38-28-29-37-18-24(41(29)10-9-36-28)23-4-5-25(44-15-7-34)27(33)26(23)32/h2-5,9-10,16,18,20,35H,6,8,11-15,17H2,1H3,(H,36,38). The van der Waals surface area contributed by atoms with Crippen LogP contribution in [-0.2, 0) is 4.79 Å². The summed E-state index contributed by atoms with van der Waals surface area (Å²) in [5.41, 5.74) is 2.65. The molecule has 0 bridgehead atoms. The van der Waals surface area contributed by atoms with Crippen molar-refractivity contribution in [1.29, 1.82) is 5.26 Å². The number of benzene rings is 2. The second-order valence-corrected chi connectivity index (χ2v) is 10.8. The molecule has 1 unspecified atom stereocenters. The maximum atomic E-state index is 15.0. The number of hydrogen-bond donors (Lipinski definition) is 2. The van der Waals surface area contributed by atoms with Gasteiger partial charge in [0.25, 0.3) is 5.91 Å². The molecule has 2 fully saturated rings. The lowest BCUT2D eigenvalue weighted by Gasteiger charge is -2.36. The molecule has 1 atom stereocenters. The highest BCUT2D eigenvalue weighted by Crippen LogP contribution is 2.32. The van der Waals surface area contributed by atoms with Gasteiger partial charge in [-0.05, 0) is 55.8 Å². The summed E-state index contributed by atoms with van der Waals surface area (Å²) < 4.78 is 36.1. The zero-order valence-electron chi connectivity index (χ0n) is 24.0. The zero-order chi connectivity index (χ0) is 30.8. The fourth-order valence-corrected chi connectivity index (χ4v) is 5.70. The number of nitrogens with one attached hydrogen (secondary N) is 2. The number of carbonyl (C=O) groups excluding carboxylic acids is 2. The summed E-state index contributed by atoms with van der Waals surface area (Å²) >= 11 is 0. The van der Waals surface area contributed by atoms with Crippen LogP contribution in [0.5, 0.6) is 5.75 Å². The number of aryl methyl sites for hydroxylation is 1. The van der Waals surface area contributed by atoms with Crippen molar-refractivity contribution in [3.63, 3.8) is 0 Å². The summed E-state index contributed by atoms with van der Waals surface area (Å²) in [6, 6.07) is 9.73. The molecule has 4 aromatic rings. The summed E-state index contributed by atoms with van der Waals surface area (Å²) in [5, 5.41) is 15.1. The summed E-state index contributed by atoms with van der Waals surface area (Å²) in [4.78, 5) is 38.5. The number of fused-ring (bicyclic) bond motifs is 1. The van der Waals surface area contributed by atoms with Crippen LogP contribution in [0.25, 0.3) is 16.9 Å². The Hall–Kier alpha value is -5.09. The number of halogens is 2. The number of imidazole rings is 1. The first kappa shape index (κ1) is 29.0. The first-order valence-corrected chi connectivity index (χ1v) is 14.3. The molecule has 11 nitrogen and oxygen atoms in total. The molecule has 226 valence electrons. The second kappa shape index (κ2) is 12.3. The third kappa shape index (κ3) is 5.51. The van der Waals surface area contributed by atoms with E-state index in [4.69, 9.17) is 10.00 Å². The quantitative estimate of drug-likeness (QED) is 0.330. The SMILES string of the molecule is Cc1cc(Nc2nccn3c(-c4ccc(OCC#N)c(F)c4F)cnc23)ccc1C(=O)N1CCN(C(=O)C2CCNC2)CC1. The van der Waals surface area contributed by atoms with Crippen LogP contribution < -0.4 is 15.4 Å². The van der Waals surface area contributed by atoms with Crippen LogP contribution in [0, 0.1) is 35.8 Å². The van der Waals surface area contributed by atoms with Gasteiger partial charge in [-0.25, -0.2) is 14.4 Å². The number of aromatic nitrogens is 3. The minimum Gasteiger partial charge on any atom is -0.476 e. The van der Waals surface area contributed by atoms with Gasteiger partial charge >= 0.3 is 0 Å². The molecule has 2 aliphatic heterocycles. The third-order valence-electron chi connectivity index (χ3n) is 8.05. The Labute approximate surface area is 252 Å². The molecule has 4 heterocycles. The molecule has 2 aliphatic rings. The maximum Gasteiger partial charge on any atom is 0.254 e. The predicted molar refractivity (Wildman–Crippen MR) is 157 cm³/mol. The van der Waals surface area contributed by atoms with Gasteiger partial charge in [-0.15, -0.1) is 0 Å². The molecule has 2 aromatic heterocycles. The topological polar surface area (TPSA) is 128 Å². The minimum atomic E-state index is -1.19. The number of rotatable bonds is 7. The van der Waals surface area contributed by atoms with Crippen molar-refractivity contribution in [2.24, 2.45) is 5.92 Å². The van der Waals surface area contributed by atoms with Crippen LogP contribution in [0.1, 0.15) is 22.3 Å². The average Bonchev–Trinajstić information content (AvgIpc) is 3.73. The summed E-state index contributed by atoms with van der Waals surface area (Å²) in [7, 11) is 0. The molecular formula is C31H30F2N8O3. The number of nitrogens with zero attached hydrogens (tertiary/aromatic N) is 6. The third-order valence-corrected chi connectivity index (χ3v) is 8.05. The van der Waals surface area contributed by atoms with E-state index in [0.29, 0.717) is 54.6 Å². The van der Waals surface area contributed by atoms with Crippen molar-refractivity contribution in [3.8, 4) is 23.1 Å². The number of hydrogen-bond acceptors (Lipinski definition) is 8. The van der Waals surface area contributed by atoms with E-state index in [-0.39, 0.29) is 29.0 Å². The molecule has 0 spiro atoms. The van der Waals surface area contributed by atoms with E-state index in [1.807, 2.05) is 17.9 Å². The van der Waals surface area contributed by atoms with Gasteiger partial charge in [-0.3, -0.25) is 14.0 Å². The smallest absolute Gasteiger partial charge is 0.254 e. The first-order valence-electron chi connectivity index (χ1n) is 14.3. The average molecular weight is 601 g/mol. The normalized spacial score (nSPS) is 16.6. The molecular weight excluding hydrogens is 570 g/mol. The Balaban J connectivity index is 1.16. The summed E-state index contributed by atoms with van der Waals surface area (Å²) in [6.45, 7) is 5.06. The Bertz CT molecular complexity index is 1770. The molecule has 6 rings (SSSR count). The molecule has 2 saturated heterocycles. The van der Waals surface area contributed by atoms with Crippen molar-refractivity contribution in [1.82, 2.24) is 29.5 Å². The van der Waals surface area contributed by atoms with E-state index in [1.165, 1.54) is 24.5 Å². The van der Waals surface area contributed by atoms with Gasteiger partial charge < -0.3 is 25.2 Å². The molecule has 2 amide bonds. The maximum absolute atomic E-state index is 15.0. The highest BCUT2D eigenvalue weighted by Gasteiger charge is 2.31.